The number of anilines is 1. The van der Waals surface area contributed by atoms with E-state index in [2.05, 4.69) is 20.2 Å². The average molecular weight is 514 g/mol. The highest BCUT2D eigenvalue weighted by molar-refractivity contribution is 7.89. The monoisotopic (exact) mass is 513 g/mol. The third-order valence-electron chi connectivity index (χ3n) is 6.28. The van der Waals surface area contributed by atoms with E-state index in [9.17, 15) is 18.5 Å². The zero-order valence-corrected chi connectivity index (χ0v) is 21.4. The second-order valence-corrected chi connectivity index (χ2v) is 11.9. The van der Waals surface area contributed by atoms with Gasteiger partial charge in [0.15, 0.2) is 0 Å². The Balaban J connectivity index is 1.40. The van der Waals surface area contributed by atoms with Crippen molar-refractivity contribution >= 4 is 21.4 Å². The molecule has 1 aliphatic rings. The van der Waals surface area contributed by atoms with Crippen molar-refractivity contribution in [2.24, 2.45) is 0 Å². The number of nitro groups is 1. The van der Waals surface area contributed by atoms with E-state index in [1.807, 2.05) is 51.1 Å². The molecule has 1 aliphatic carbocycles. The molecule has 0 atom stereocenters. The van der Waals surface area contributed by atoms with Crippen LogP contribution in [0.1, 0.15) is 69.7 Å². The maximum atomic E-state index is 13.0. The Hall–Kier alpha value is -3.31. The van der Waals surface area contributed by atoms with Crippen molar-refractivity contribution in [3.05, 3.63) is 76.0 Å². The van der Waals surface area contributed by atoms with Crippen molar-refractivity contribution in [3.63, 3.8) is 0 Å². The van der Waals surface area contributed by atoms with E-state index >= 15 is 0 Å². The summed E-state index contributed by atoms with van der Waals surface area (Å²) in [6, 6.07) is 13.1. The molecule has 1 fully saturated rings. The first kappa shape index (κ1) is 25.8. The van der Waals surface area contributed by atoms with Crippen LogP contribution in [0.25, 0.3) is 0 Å². The molecule has 2 aromatic carbocycles. The van der Waals surface area contributed by atoms with Gasteiger partial charge in [-0.2, -0.15) is 0 Å². The molecule has 10 nitrogen and oxygen atoms in total. The van der Waals surface area contributed by atoms with Crippen LogP contribution in [0.2, 0.25) is 0 Å². The van der Waals surface area contributed by atoms with Gasteiger partial charge in [-0.1, -0.05) is 51.1 Å². The molecule has 0 aliphatic heterocycles. The van der Waals surface area contributed by atoms with E-state index in [0.29, 0.717) is 44.0 Å². The minimum Gasteiger partial charge on any atom is -0.424 e. The van der Waals surface area contributed by atoms with Crippen LogP contribution in [0.15, 0.2) is 57.8 Å². The van der Waals surface area contributed by atoms with E-state index in [1.165, 1.54) is 12.1 Å². The van der Waals surface area contributed by atoms with Crippen molar-refractivity contribution in [2.75, 3.05) is 5.32 Å². The lowest BCUT2D eigenvalue weighted by molar-refractivity contribution is -0.384. The van der Waals surface area contributed by atoms with Crippen molar-refractivity contribution in [1.82, 2.24) is 14.9 Å². The van der Waals surface area contributed by atoms with Gasteiger partial charge in [0.1, 0.15) is 5.69 Å². The van der Waals surface area contributed by atoms with Gasteiger partial charge in [-0.05, 0) is 43.4 Å². The summed E-state index contributed by atoms with van der Waals surface area (Å²) in [5.74, 6) is 1.27. The largest absolute Gasteiger partial charge is 0.424 e. The molecule has 0 saturated heterocycles. The van der Waals surface area contributed by atoms with Gasteiger partial charge >= 0.3 is 0 Å². The number of sulfonamides is 1. The number of nitro benzene ring substituents is 1. The van der Waals surface area contributed by atoms with Gasteiger partial charge in [0, 0.05) is 30.0 Å². The van der Waals surface area contributed by atoms with Crippen LogP contribution in [0.5, 0.6) is 0 Å². The minimum absolute atomic E-state index is 0.0883. The first-order valence-electron chi connectivity index (χ1n) is 12.0. The van der Waals surface area contributed by atoms with Gasteiger partial charge in [-0.25, -0.2) is 13.1 Å². The van der Waals surface area contributed by atoms with Crippen LogP contribution in [0, 0.1) is 10.1 Å². The summed E-state index contributed by atoms with van der Waals surface area (Å²) >= 11 is 0. The van der Waals surface area contributed by atoms with Crippen molar-refractivity contribution in [1.29, 1.82) is 0 Å². The highest BCUT2D eigenvalue weighted by Gasteiger charge is 2.31. The molecular formula is C25H31N5O5S. The summed E-state index contributed by atoms with van der Waals surface area (Å²) in [7, 11) is -3.93. The van der Waals surface area contributed by atoms with E-state index in [4.69, 9.17) is 4.42 Å². The van der Waals surface area contributed by atoms with Gasteiger partial charge in [0.05, 0.1) is 9.82 Å². The molecule has 1 heterocycles. The van der Waals surface area contributed by atoms with E-state index < -0.39 is 14.9 Å². The smallest absolute Gasteiger partial charge is 0.293 e. The van der Waals surface area contributed by atoms with Crippen molar-refractivity contribution in [2.45, 2.75) is 75.3 Å². The lowest BCUT2D eigenvalue weighted by Gasteiger charge is -2.27. The molecule has 3 aromatic rings. The average Bonchev–Trinajstić information content (AvgIpc) is 3.34. The first-order chi connectivity index (χ1) is 17.0. The van der Waals surface area contributed by atoms with Gasteiger partial charge in [-0.15, -0.1) is 10.2 Å². The molecule has 1 aromatic heterocycles. The molecule has 0 unspecified atom stereocenters. The predicted octanol–water partition coefficient (Wildman–Crippen LogP) is 4.89. The van der Waals surface area contributed by atoms with Crippen molar-refractivity contribution < 1.29 is 17.8 Å². The fourth-order valence-electron chi connectivity index (χ4n) is 4.22. The number of benzene rings is 2. The predicted molar refractivity (Wildman–Crippen MR) is 135 cm³/mol. The number of rotatable bonds is 8. The molecule has 4 rings (SSSR count). The minimum atomic E-state index is -3.93. The summed E-state index contributed by atoms with van der Waals surface area (Å²) in [5, 5.41) is 23.0. The molecule has 0 radical (unpaired) electrons. The summed E-state index contributed by atoms with van der Waals surface area (Å²) in [6.45, 7) is 6.40. The number of aromatic nitrogens is 2. The van der Waals surface area contributed by atoms with Crippen LogP contribution in [0.4, 0.5) is 11.4 Å². The molecule has 11 heteroatoms. The van der Waals surface area contributed by atoms with E-state index in [-0.39, 0.29) is 33.6 Å². The summed E-state index contributed by atoms with van der Waals surface area (Å²) in [6.07, 6.45) is 2.63. The standard InChI is InChI=1S/C25H31N5O5S/c1-25(2,3)24-28-27-23(35-24)18-9-11-19(12-10-18)29-36(33,34)20-13-14-21(22(15-20)30(31)32)26-16-17-7-5-4-6-8-17/h4-8,13-15,18-19,26,29H,9-12,16H2,1-3H3. The molecule has 0 amide bonds. The maximum Gasteiger partial charge on any atom is 0.293 e. The highest BCUT2D eigenvalue weighted by atomic mass is 32.2. The number of hydrogen-bond acceptors (Lipinski definition) is 8. The zero-order valence-electron chi connectivity index (χ0n) is 20.6. The lowest BCUT2D eigenvalue weighted by Crippen LogP contribution is -2.37. The van der Waals surface area contributed by atoms with E-state index in [0.717, 1.165) is 11.6 Å². The van der Waals surface area contributed by atoms with Crippen LogP contribution >= 0.6 is 0 Å². The molecule has 0 bridgehead atoms. The summed E-state index contributed by atoms with van der Waals surface area (Å²) < 4.78 is 34.6. The molecule has 36 heavy (non-hydrogen) atoms. The Morgan fingerprint density at radius 3 is 2.36 bits per heavy atom. The normalized spacial score (nSPS) is 18.6. The fourth-order valence-corrected chi connectivity index (χ4v) is 5.55. The molecule has 192 valence electrons. The van der Waals surface area contributed by atoms with Gasteiger partial charge in [0.2, 0.25) is 21.8 Å². The molecule has 2 N–H and O–H groups in total. The Labute approximate surface area is 210 Å². The third-order valence-corrected chi connectivity index (χ3v) is 7.80. The number of nitrogens with one attached hydrogen (secondary N) is 2. The quantitative estimate of drug-likeness (QED) is 0.320. The van der Waals surface area contributed by atoms with E-state index in [1.54, 1.807) is 0 Å². The zero-order chi connectivity index (χ0) is 25.9. The highest BCUT2D eigenvalue weighted by Crippen LogP contribution is 2.35. The van der Waals surface area contributed by atoms with Crippen LogP contribution in [-0.4, -0.2) is 29.6 Å². The van der Waals surface area contributed by atoms with Gasteiger partial charge in [-0.3, -0.25) is 10.1 Å². The Kier molecular flexibility index (Phi) is 7.41. The molecule has 0 spiro atoms. The summed E-state index contributed by atoms with van der Waals surface area (Å²) in [4.78, 5) is 11.0. The van der Waals surface area contributed by atoms with Gasteiger partial charge < -0.3 is 9.73 Å². The second-order valence-electron chi connectivity index (χ2n) is 10.1. The van der Waals surface area contributed by atoms with Crippen LogP contribution in [0.3, 0.4) is 0 Å². The molecule has 1 saturated carbocycles. The van der Waals surface area contributed by atoms with Crippen LogP contribution < -0.4 is 10.0 Å². The third kappa shape index (κ3) is 6.08. The maximum absolute atomic E-state index is 13.0. The SMILES string of the molecule is CC(C)(C)c1nnc(C2CCC(NS(=O)(=O)c3ccc(NCc4ccccc4)c([N+](=O)[O-])c3)CC2)o1. The lowest BCUT2D eigenvalue weighted by atomic mass is 9.86. The van der Waals surface area contributed by atoms with Crippen molar-refractivity contribution in [3.8, 4) is 0 Å². The Bertz CT molecular complexity index is 1310. The van der Waals surface area contributed by atoms with Gasteiger partial charge in [0.25, 0.3) is 5.69 Å². The summed E-state index contributed by atoms with van der Waals surface area (Å²) in [5.41, 5.74) is 0.699. The van der Waals surface area contributed by atoms with Crippen LogP contribution in [-0.2, 0) is 22.0 Å². The molecular weight excluding hydrogens is 482 g/mol. The first-order valence-corrected chi connectivity index (χ1v) is 13.4. The fraction of sp³-hybridized carbons (Fsp3) is 0.440. The number of nitrogens with zero attached hydrogens (tertiary/aromatic N) is 3. The second kappa shape index (κ2) is 10.4. The Morgan fingerprint density at radius 2 is 1.75 bits per heavy atom. The number of hydrogen-bond donors (Lipinski definition) is 2. The Morgan fingerprint density at radius 1 is 1.06 bits per heavy atom. The topological polar surface area (TPSA) is 140 Å².